The number of aromatic nitrogens is 2. The van der Waals surface area contributed by atoms with Crippen molar-refractivity contribution in [3.8, 4) is 0 Å². The number of benzene rings is 1. The summed E-state index contributed by atoms with van der Waals surface area (Å²) in [6.45, 7) is 1.19. The molecule has 3 rings (SSSR count). The summed E-state index contributed by atoms with van der Waals surface area (Å²) in [5.74, 6) is -0.517. The van der Waals surface area contributed by atoms with Crippen LogP contribution in [-0.2, 0) is 12.8 Å². The van der Waals surface area contributed by atoms with Gasteiger partial charge in [-0.1, -0.05) is 18.2 Å². The Morgan fingerprint density at radius 1 is 1.07 bits per heavy atom. The fraction of sp³-hybridized carbons (Fsp3) is 0.227. The quantitative estimate of drug-likeness (QED) is 0.654. The Kier molecular flexibility index (Phi) is 6.68. The van der Waals surface area contributed by atoms with Gasteiger partial charge in [0.25, 0.3) is 5.91 Å². The molecule has 0 atom stereocenters. The van der Waals surface area contributed by atoms with Crippen LogP contribution in [0.2, 0.25) is 0 Å². The highest BCUT2D eigenvalue weighted by atomic mass is 19.1. The number of pyridine rings is 2. The number of carbonyl (C=O) groups is 1. The van der Waals surface area contributed by atoms with Gasteiger partial charge < -0.3 is 10.2 Å². The number of hydrogen-bond donors (Lipinski definition) is 1. The zero-order chi connectivity index (χ0) is 19.8. The van der Waals surface area contributed by atoms with E-state index in [1.165, 1.54) is 11.6 Å². The highest BCUT2D eigenvalue weighted by Gasteiger charge is 2.09. The number of hydrogen-bond acceptors (Lipinski definition) is 4. The molecule has 0 spiro atoms. The molecule has 0 fully saturated rings. The van der Waals surface area contributed by atoms with Crippen molar-refractivity contribution in [3.63, 3.8) is 0 Å². The van der Waals surface area contributed by atoms with E-state index in [2.05, 4.69) is 20.2 Å². The van der Waals surface area contributed by atoms with Crippen LogP contribution in [0.25, 0.3) is 0 Å². The summed E-state index contributed by atoms with van der Waals surface area (Å²) in [6, 6.07) is 14.2. The van der Waals surface area contributed by atoms with E-state index in [4.69, 9.17) is 0 Å². The predicted octanol–water partition coefficient (Wildman–Crippen LogP) is 3.27. The normalized spacial score (nSPS) is 10.5. The van der Waals surface area contributed by atoms with E-state index in [0.717, 1.165) is 18.7 Å². The van der Waals surface area contributed by atoms with Crippen molar-refractivity contribution in [1.82, 2.24) is 15.3 Å². The molecule has 0 aliphatic carbocycles. The van der Waals surface area contributed by atoms with Gasteiger partial charge in [-0.2, -0.15) is 0 Å². The maximum absolute atomic E-state index is 13.6. The molecule has 0 aliphatic rings. The number of amides is 1. The number of nitrogens with one attached hydrogen (secondary N) is 1. The molecule has 6 heteroatoms. The van der Waals surface area contributed by atoms with Crippen LogP contribution in [0.15, 0.2) is 67.1 Å². The molecule has 28 heavy (non-hydrogen) atoms. The minimum atomic E-state index is -0.262. The summed E-state index contributed by atoms with van der Waals surface area (Å²) in [7, 11) is 1.99. The molecule has 1 aromatic carbocycles. The predicted molar refractivity (Wildman–Crippen MR) is 108 cm³/mol. The average molecular weight is 378 g/mol. The molecule has 3 aromatic rings. The van der Waals surface area contributed by atoms with Gasteiger partial charge in [-0.25, -0.2) is 9.37 Å². The first-order chi connectivity index (χ1) is 13.6. The molecular formula is C22H23FN4O. The van der Waals surface area contributed by atoms with Crippen LogP contribution in [0.3, 0.4) is 0 Å². The number of likely N-dealkylation sites (N-methyl/N-ethyl adjacent to an activating group) is 1. The van der Waals surface area contributed by atoms with Crippen molar-refractivity contribution in [2.24, 2.45) is 0 Å². The van der Waals surface area contributed by atoms with Gasteiger partial charge in [-0.05, 0) is 54.3 Å². The minimum Gasteiger partial charge on any atom is -0.373 e. The number of carbonyl (C=O) groups excluding carboxylic acids is 1. The lowest BCUT2D eigenvalue weighted by atomic mass is 10.1. The average Bonchev–Trinajstić information content (AvgIpc) is 2.74. The standard InChI is InChI=1S/C22H23FN4O/c1-27(15-11-17-8-12-24-13-9-17)19-6-7-21(26-16-19)22(28)25-14-10-18-4-2-3-5-20(18)23/h2-9,12-13,16H,10-11,14-15H2,1H3,(H,25,28). The SMILES string of the molecule is CN(CCc1ccncc1)c1ccc(C(=O)NCCc2ccccc2F)nc1. The van der Waals surface area contributed by atoms with Crippen LogP contribution < -0.4 is 10.2 Å². The van der Waals surface area contributed by atoms with E-state index in [0.29, 0.717) is 24.2 Å². The van der Waals surface area contributed by atoms with Gasteiger partial charge in [0.2, 0.25) is 0 Å². The minimum absolute atomic E-state index is 0.256. The van der Waals surface area contributed by atoms with Gasteiger partial charge >= 0.3 is 0 Å². The highest BCUT2D eigenvalue weighted by molar-refractivity contribution is 5.92. The third kappa shape index (κ3) is 5.36. The molecule has 1 amide bonds. The van der Waals surface area contributed by atoms with Crippen molar-refractivity contribution in [3.05, 3.63) is 89.8 Å². The number of nitrogens with zero attached hydrogens (tertiary/aromatic N) is 3. The first kappa shape index (κ1) is 19.5. The van der Waals surface area contributed by atoms with Crippen molar-refractivity contribution >= 4 is 11.6 Å². The third-order valence-corrected chi connectivity index (χ3v) is 4.54. The Labute approximate surface area is 164 Å². The van der Waals surface area contributed by atoms with Gasteiger partial charge in [0.05, 0.1) is 11.9 Å². The van der Waals surface area contributed by atoms with E-state index in [9.17, 15) is 9.18 Å². The van der Waals surface area contributed by atoms with Gasteiger partial charge in [0.15, 0.2) is 0 Å². The van der Waals surface area contributed by atoms with Crippen molar-refractivity contribution < 1.29 is 9.18 Å². The summed E-state index contributed by atoms with van der Waals surface area (Å²) in [6.07, 6.45) is 6.61. The molecule has 0 aliphatic heterocycles. The topological polar surface area (TPSA) is 58.1 Å². The second kappa shape index (κ2) is 9.60. The molecular weight excluding hydrogens is 355 g/mol. The molecule has 0 bridgehead atoms. The third-order valence-electron chi connectivity index (χ3n) is 4.54. The highest BCUT2D eigenvalue weighted by Crippen LogP contribution is 2.12. The molecule has 5 nitrogen and oxygen atoms in total. The van der Waals surface area contributed by atoms with E-state index < -0.39 is 0 Å². The monoisotopic (exact) mass is 378 g/mol. The first-order valence-electron chi connectivity index (χ1n) is 9.21. The fourth-order valence-corrected chi connectivity index (χ4v) is 2.82. The largest absolute Gasteiger partial charge is 0.373 e. The smallest absolute Gasteiger partial charge is 0.269 e. The van der Waals surface area contributed by atoms with Gasteiger partial charge in [-0.3, -0.25) is 9.78 Å². The lowest BCUT2D eigenvalue weighted by Crippen LogP contribution is -2.27. The van der Waals surface area contributed by atoms with Crippen LogP contribution in [-0.4, -0.2) is 36.0 Å². The molecule has 2 heterocycles. The second-order valence-electron chi connectivity index (χ2n) is 6.53. The van der Waals surface area contributed by atoms with E-state index in [1.54, 1.807) is 42.9 Å². The molecule has 0 saturated heterocycles. The molecule has 2 aromatic heterocycles. The zero-order valence-corrected chi connectivity index (χ0v) is 15.8. The molecule has 0 radical (unpaired) electrons. The van der Waals surface area contributed by atoms with Gasteiger partial charge in [-0.15, -0.1) is 0 Å². The summed E-state index contributed by atoms with van der Waals surface area (Å²) in [5.41, 5.74) is 3.10. The van der Waals surface area contributed by atoms with Crippen LogP contribution in [0.4, 0.5) is 10.1 Å². The number of halogens is 1. The van der Waals surface area contributed by atoms with Crippen LogP contribution in [0.5, 0.6) is 0 Å². The first-order valence-corrected chi connectivity index (χ1v) is 9.21. The Hall–Kier alpha value is -3.28. The van der Waals surface area contributed by atoms with E-state index in [-0.39, 0.29) is 11.7 Å². The summed E-state index contributed by atoms with van der Waals surface area (Å²) >= 11 is 0. The van der Waals surface area contributed by atoms with E-state index in [1.807, 2.05) is 25.2 Å². The Morgan fingerprint density at radius 2 is 1.86 bits per heavy atom. The molecule has 0 saturated carbocycles. The van der Waals surface area contributed by atoms with Gasteiger partial charge in [0, 0.05) is 32.5 Å². The Morgan fingerprint density at radius 3 is 2.57 bits per heavy atom. The lowest BCUT2D eigenvalue weighted by Gasteiger charge is -2.19. The maximum atomic E-state index is 13.6. The van der Waals surface area contributed by atoms with Crippen LogP contribution in [0, 0.1) is 5.82 Å². The number of anilines is 1. The molecule has 1 N–H and O–H groups in total. The van der Waals surface area contributed by atoms with Crippen molar-refractivity contribution in [2.75, 3.05) is 25.0 Å². The summed E-state index contributed by atoms with van der Waals surface area (Å²) in [5, 5.41) is 2.78. The summed E-state index contributed by atoms with van der Waals surface area (Å²) < 4.78 is 13.6. The molecule has 0 unspecified atom stereocenters. The van der Waals surface area contributed by atoms with Crippen molar-refractivity contribution in [2.45, 2.75) is 12.8 Å². The van der Waals surface area contributed by atoms with Crippen LogP contribution in [0.1, 0.15) is 21.6 Å². The maximum Gasteiger partial charge on any atom is 0.269 e. The van der Waals surface area contributed by atoms with E-state index >= 15 is 0 Å². The van der Waals surface area contributed by atoms with Gasteiger partial charge in [0.1, 0.15) is 11.5 Å². The second-order valence-corrected chi connectivity index (χ2v) is 6.53. The fourth-order valence-electron chi connectivity index (χ4n) is 2.82. The lowest BCUT2D eigenvalue weighted by molar-refractivity contribution is 0.0949. The Bertz CT molecular complexity index is 900. The zero-order valence-electron chi connectivity index (χ0n) is 15.8. The summed E-state index contributed by atoms with van der Waals surface area (Å²) in [4.78, 5) is 22.6. The number of rotatable bonds is 8. The molecule has 144 valence electrons. The van der Waals surface area contributed by atoms with Crippen molar-refractivity contribution in [1.29, 1.82) is 0 Å². The van der Waals surface area contributed by atoms with Crippen LogP contribution >= 0.6 is 0 Å². The Balaban J connectivity index is 1.49.